The van der Waals surface area contributed by atoms with Crippen LogP contribution in [-0.4, -0.2) is 42.3 Å². The average molecular weight is 234 g/mol. The molecule has 4 aliphatic rings. The monoisotopic (exact) mass is 234 g/mol. The van der Waals surface area contributed by atoms with Crippen molar-refractivity contribution < 1.29 is 13.2 Å². The SMILES string of the molecule is FC(F)(F)C1(NC2CN3CCC2CC3)CC1. The van der Waals surface area contributed by atoms with Gasteiger partial charge in [-0.1, -0.05) is 0 Å². The van der Waals surface area contributed by atoms with Gasteiger partial charge in [-0.15, -0.1) is 0 Å². The number of fused-ring (bicyclic) bond motifs is 3. The Morgan fingerprint density at radius 2 is 1.75 bits per heavy atom. The van der Waals surface area contributed by atoms with Gasteiger partial charge in [0.25, 0.3) is 0 Å². The Hall–Kier alpha value is -0.290. The highest BCUT2D eigenvalue weighted by molar-refractivity contribution is 5.10. The summed E-state index contributed by atoms with van der Waals surface area (Å²) < 4.78 is 38.5. The third-order valence-corrected chi connectivity index (χ3v) is 4.41. The van der Waals surface area contributed by atoms with E-state index in [1.165, 1.54) is 0 Å². The summed E-state index contributed by atoms with van der Waals surface area (Å²) in [5, 5.41) is 2.91. The van der Waals surface area contributed by atoms with Gasteiger partial charge in [0.2, 0.25) is 0 Å². The summed E-state index contributed by atoms with van der Waals surface area (Å²) in [6.07, 6.45) is -1.42. The van der Waals surface area contributed by atoms with Gasteiger partial charge in [-0.05, 0) is 44.7 Å². The minimum Gasteiger partial charge on any atom is -0.302 e. The van der Waals surface area contributed by atoms with Crippen molar-refractivity contribution in [2.75, 3.05) is 19.6 Å². The summed E-state index contributed by atoms with van der Waals surface area (Å²) >= 11 is 0. The number of nitrogens with one attached hydrogen (secondary N) is 1. The number of hydrogen-bond donors (Lipinski definition) is 1. The fourth-order valence-electron chi connectivity index (χ4n) is 3.12. The van der Waals surface area contributed by atoms with Crippen molar-refractivity contribution >= 4 is 0 Å². The molecule has 2 nitrogen and oxygen atoms in total. The van der Waals surface area contributed by atoms with Crippen LogP contribution in [-0.2, 0) is 0 Å². The molecule has 1 N–H and O–H groups in total. The lowest BCUT2D eigenvalue weighted by molar-refractivity contribution is -0.171. The second-order valence-electron chi connectivity index (χ2n) is 5.47. The number of hydrogen-bond acceptors (Lipinski definition) is 2. The van der Waals surface area contributed by atoms with E-state index in [1.807, 2.05) is 0 Å². The van der Waals surface area contributed by atoms with Crippen molar-refractivity contribution in [1.82, 2.24) is 10.2 Å². The lowest BCUT2D eigenvalue weighted by Gasteiger charge is -2.46. The third kappa shape index (κ3) is 1.64. The van der Waals surface area contributed by atoms with Crippen LogP contribution in [0, 0.1) is 5.92 Å². The van der Waals surface area contributed by atoms with Gasteiger partial charge in [0.05, 0.1) is 0 Å². The zero-order chi connectivity index (χ0) is 11.4. The molecule has 92 valence electrons. The Bertz CT molecular complexity index is 277. The number of rotatable bonds is 2. The Kier molecular flexibility index (Phi) is 2.27. The zero-order valence-electron chi connectivity index (χ0n) is 9.19. The van der Waals surface area contributed by atoms with Crippen molar-refractivity contribution in [1.29, 1.82) is 0 Å². The van der Waals surface area contributed by atoms with E-state index < -0.39 is 11.7 Å². The Morgan fingerprint density at radius 3 is 2.12 bits per heavy atom. The van der Waals surface area contributed by atoms with E-state index in [0.29, 0.717) is 5.92 Å². The van der Waals surface area contributed by atoms with E-state index in [-0.39, 0.29) is 18.9 Å². The molecule has 2 bridgehead atoms. The lowest BCUT2D eigenvalue weighted by Crippen LogP contribution is -2.61. The molecule has 3 aliphatic heterocycles. The fraction of sp³-hybridized carbons (Fsp3) is 1.00. The molecule has 1 atom stereocenters. The Balaban J connectivity index is 1.67. The molecule has 0 aromatic heterocycles. The van der Waals surface area contributed by atoms with E-state index in [2.05, 4.69) is 10.2 Å². The standard InChI is InChI=1S/C11H17F3N2/c12-11(13,14)10(3-4-10)15-9-7-16-5-1-8(9)2-6-16/h8-9,15H,1-7H2. The van der Waals surface area contributed by atoms with Crippen LogP contribution < -0.4 is 5.32 Å². The molecular weight excluding hydrogens is 217 g/mol. The first-order valence-corrected chi connectivity index (χ1v) is 6.07. The van der Waals surface area contributed by atoms with E-state index >= 15 is 0 Å². The summed E-state index contributed by atoms with van der Waals surface area (Å²) in [5.41, 5.74) is -1.53. The molecule has 0 aromatic carbocycles. The van der Waals surface area contributed by atoms with Crippen LogP contribution in [0.4, 0.5) is 13.2 Å². The van der Waals surface area contributed by atoms with Gasteiger partial charge >= 0.3 is 6.18 Å². The van der Waals surface area contributed by atoms with Crippen LogP contribution >= 0.6 is 0 Å². The maximum absolute atomic E-state index is 12.8. The molecular formula is C11H17F3N2. The third-order valence-electron chi connectivity index (χ3n) is 4.41. The molecule has 0 spiro atoms. The van der Waals surface area contributed by atoms with Gasteiger partial charge in [-0.3, -0.25) is 5.32 Å². The largest absolute Gasteiger partial charge is 0.406 e. The molecule has 0 radical (unpaired) electrons. The van der Waals surface area contributed by atoms with Crippen LogP contribution in [0.2, 0.25) is 0 Å². The molecule has 1 saturated carbocycles. The molecule has 1 aliphatic carbocycles. The summed E-state index contributed by atoms with van der Waals surface area (Å²) in [6.45, 7) is 2.95. The van der Waals surface area contributed by atoms with Crippen LogP contribution in [0.5, 0.6) is 0 Å². The minimum atomic E-state index is -4.07. The number of halogens is 3. The summed E-state index contributed by atoms with van der Waals surface area (Å²) in [4.78, 5) is 2.28. The normalized spacial score (nSPS) is 41.1. The quantitative estimate of drug-likeness (QED) is 0.783. The van der Waals surface area contributed by atoms with Gasteiger partial charge < -0.3 is 4.90 Å². The average Bonchev–Trinajstić information content (AvgIpc) is 3.00. The predicted molar refractivity (Wildman–Crippen MR) is 54.1 cm³/mol. The molecule has 4 rings (SSSR count). The first kappa shape index (κ1) is 10.8. The highest BCUT2D eigenvalue weighted by atomic mass is 19.4. The minimum absolute atomic E-state index is 0.0617. The van der Waals surface area contributed by atoms with Gasteiger partial charge in [0, 0.05) is 12.6 Å². The number of piperidine rings is 3. The summed E-state index contributed by atoms with van der Waals surface area (Å²) in [6, 6.07) is 0.0617. The van der Waals surface area contributed by atoms with Crippen LogP contribution in [0.1, 0.15) is 25.7 Å². The smallest absolute Gasteiger partial charge is 0.302 e. The second kappa shape index (κ2) is 3.35. The second-order valence-corrected chi connectivity index (χ2v) is 5.47. The number of alkyl halides is 3. The molecule has 0 aromatic rings. The molecule has 16 heavy (non-hydrogen) atoms. The first-order chi connectivity index (χ1) is 7.50. The van der Waals surface area contributed by atoms with Crippen molar-refractivity contribution in [2.45, 2.75) is 43.4 Å². The van der Waals surface area contributed by atoms with Crippen molar-refractivity contribution in [3.63, 3.8) is 0 Å². The number of nitrogens with zero attached hydrogens (tertiary/aromatic N) is 1. The van der Waals surface area contributed by atoms with Gasteiger partial charge in [0.15, 0.2) is 0 Å². The van der Waals surface area contributed by atoms with E-state index in [0.717, 1.165) is 32.5 Å². The highest BCUT2D eigenvalue weighted by Gasteiger charge is 2.64. The molecule has 1 unspecified atom stereocenters. The van der Waals surface area contributed by atoms with E-state index in [1.54, 1.807) is 0 Å². The van der Waals surface area contributed by atoms with E-state index in [4.69, 9.17) is 0 Å². The first-order valence-electron chi connectivity index (χ1n) is 6.07. The zero-order valence-corrected chi connectivity index (χ0v) is 9.19. The molecule has 4 fully saturated rings. The van der Waals surface area contributed by atoms with Gasteiger partial charge in [-0.2, -0.15) is 13.2 Å². The molecule has 5 heteroatoms. The van der Waals surface area contributed by atoms with Crippen molar-refractivity contribution in [3.05, 3.63) is 0 Å². The van der Waals surface area contributed by atoms with Crippen LogP contribution in [0.3, 0.4) is 0 Å². The van der Waals surface area contributed by atoms with Gasteiger partial charge in [0.1, 0.15) is 5.54 Å². The summed E-state index contributed by atoms with van der Waals surface area (Å²) in [7, 11) is 0. The van der Waals surface area contributed by atoms with E-state index in [9.17, 15) is 13.2 Å². The van der Waals surface area contributed by atoms with Crippen LogP contribution in [0.15, 0.2) is 0 Å². The summed E-state index contributed by atoms with van der Waals surface area (Å²) in [5.74, 6) is 0.463. The molecule has 3 heterocycles. The molecule has 3 saturated heterocycles. The Morgan fingerprint density at radius 1 is 1.12 bits per heavy atom. The highest BCUT2D eigenvalue weighted by Crippen LogP contribution is 2.50. The topological polar surface area (TPSA) is 15.3 Å². The predicted octanol–water partition coefficient (Wildman–Crippen LogP) is 1.77. The lowest BCUT2D eigenvalue weighted by atomic mass is 9.83. The van der Waals surface area contributed by atoms with Crippen molar-refractivity contribution in [3.8, 4) is 0 Å². The van der Waals surface area contributed by atoms with Crippen molar-refractivity contribution in [2.24, 2.45) is 5.92 Å². The van der Waals surface area contributed by atoms with Gasteiger partial charge in [-0.25, -0.2) is 0 Å². The maximum atomic E-state index is 12.8. The fourth-order valence-corrected chi connectivity index (χ4v) is 3.12. The van der Waals surface area contributed by atoms with Crippen LogP contribution in [0.25, 0.3) is 0 Å². The molecule has 0 amide bonds. The Labute approximate surface area is 93.2 Å². The maximum Gasteiger partial charge on any atom is 0.406 e.